The van der Waals surface area contributed by atoms with Gasteiger partial charge in [-0.25, -0.2) is 16.8 Å². The zero-order valence-electron chi connectivity index (χ0n) is 22.0. The number of aromatic nitrogens is 2. The van der Waals surface area contributed by atoms with Crippen LogP contribution >= 0.6 is 0 Å². The first kappa shape index (κ1) is 37.8. The molecule has 0 radical (unpaired) electrons. The van der Waals surface area contributed by atoms with Gasteiger partial charge in [0.05, 0.1) is 22.4 Å². The van der Waals surface area contributed by atoms with Crippen LogP contribution in [0.3, 0.4) is 0 Å². The number of alkyl halides is 6. The maximum atomic E-state index is 10.7. The van der Waals surface area contributed by atoms with Crippen LogP contribution < -0.4 is 9.80 Å². The first-order chi connectivity index (χ1) is 19.2. The summed E-state index contributed by atoms with van der Waals surface area (Å²) < 4.78 is 118. The molecule has 0 atom stereocenters. The number of para-hydroxylation sites is 2. The summed E-state index contributed by atoms with van der Waals surface area (Å²) in [5, 5.41) is 2.34. The molecule has 0 fully saturated rings. The van der Waals surface area contributed by atoms with E-state index < -0.39 is 31.3 Å². The molecule has 0 aliphatic carbocycles. The molecule has 4 rings (SSSR count). The minimum absolute atomic E-state index is 0. The molecule has 0 aliphatic heterocycles. The van der Waals surface area contributed by atoms with Gasteiger partial charge in [-0.2, -0.15) is 26.3 Å². The van der Waals surface area contributed by atoms with Crippen LogP contribution in [0.5, 0.6) is 0 Å². The number of fused-ring (bicyclic) bond motifs is 2. The van der Waals surface area contributed by atoms with E-state index in [0.717, 1.165) is 35.5 Å². The molecule has 0 spiro atoms. The fourth-order valence-electron chi connectivity index (χ4n) is 3.33. The van der Waals surface area contributed by atoms with Crippen LogP contribution in [0.2, 0.25) is 0 Å². The Morgan fingerprint density at radius 2 is 0.907 bits per heavy atom. The summed E-state index contributed by atoms with van der Waals surface area (Å²) in [6.07, 6.45) is 3.71. The summed E-state index contributed by atoms with van der Waals surface area (Å²) in [6, 6.07) is 20.8. The molecule has 0 aliphatic rings. The van der Waals surface area contributed by atoms with E-state index in [1.165, 1.54) is 10.8 Å². The van der Waals surface area contributed by atoms with Gasteiger partial charge >= 0.3 is 28.1 Å². The van der Waals surface area contributed by atoms with Crippen LogP contribution in [0.1, 0.15) is 0 Å². The Bertz CT molecular complexity index is 1590. The van der Waals surface area contributed by atoms with Crippen LogP contribution in [0, 0.1) is 0 Å². The molecule has 4 aromatic rings. The van der Waals surface area contributed by atoms with Gasteiger partial charge in [-0.1, -0.05) is 36.4 Å². The smallest absolute Gasteiger partial charge is 0.741 e. The van der Waals surface area contributed by atoms with E-state index in [1.807, 2.05) is 24.5 Å². The van der Waals surface area contributed by atoms with Crippen molar-refractivity contribution in [1.82, 2.24) is 9.97 Å². The number of pyridine rings is 2. The van der Waals surface area contributed by atoms with Crippen molar-refractivity contribution in [3.63, 3.8) is 0 Å². The van der Waals surface area contributed by atoms with E-state index in [9.17, 15) is 26.3 Å². The third kappa shape index (κ3) is 10.8. The zero-order chi connectivity index (χ0) is 31.9. The second kappa shape index (κ2) is 15.0. The van der Waals surface area contributed by atoms with Crippen molar-refractivity contribution in [2.45, 2.75) is 11.0 Å². The minimum Gasteiger partial charge on any atom is -0.741 e. The quantitative estimate of drug-likeness (QED) is 0.127. The molecular formula is C24H22F6MnN4O6S2+. The van der Waals surface area contributed by atoms with Crippen LogP contribution in [0.15, 0.2) is 73.1 Å². The summed E-state index contributed by atoms with van der Waals surface area (Å²) in [6.45, 7) is 1.80. The van der Waals surface area contributed by atoms with E-state index in [4.69, 9.17) is 25.9 Å². The average Bonchev–Trinajstić information content (AvgIpc) is 2.89. The zero-order valence-corrected chi connectivity index (χ0v) is 24.9. The van der Waals surface area contributed by atoms with Crippen molar-refractivity contribution in [3.05, 3.63) is 73.1 Å². The monoisotopic (exact) mass is 695 g/mol. The van der Waals surface area contributed by atoms with Gasteiger partial charge in [0.1, 0.15) is 0 Å². The standard InChI is InChI=1S/C22H22N4.2CHF3O3S.Mn/c1-25(19-11-3-7-17-9-5-13-23-21(17)19)15-16-26(2)20-12-4-8-18-10-6-14-24-22(18)20;2*2-1(3,4)8(5,6)7;/h3-14H,15-16H2,1-2H3;2*(H,5,6,7);/q;;;+3/p-2. The van der Waals surface area contributed by atoms with Crippen LogP contribution in [0.25, 0.3) is 21.8 Å². The van der Waals surface area contributed by atoms with Gasteiger partial charge in [0.15, 0.2) is 20.2 Å². The van der Waals surface area contributed by atoms with Crippen LogP contribution in [-0.4, -0.2) is 74.1 Å². The van der Waals surface area contributed by atoms with Gasteiger partial charge in [-0.05, 0) is 24.3 Å². The van der Waals surface area contributed by atoms with E-state index in [2.05, 4.69) is 82.4 Å². The molecule has 0 saturated carbocycles. The van der Waals surface area contributed by atoms with Crippen LogP contribution in [0.4, 0.5) is 37.7 Å². The Hall–Kier alpha value is -3.22. The first-order valence-corrected chi connectivity index (χ1v) is 14.2. The topological polar surface area (TPSA) is 147 Å². The number of likely N-dealkylation sites (N-methyl/N-ethyl adjacent to an activating group) is 2. The fraction of sp³-hybridized carbons (Fsp3) is 0.250. The van der Waals surface area contributed by atoms with Crippen molar-refractivity contribution in [2.24, 2.45) is 0 Å². The largest absolute Gasteiger partial charge is 3.00 e. The van der Waals surface area contributed by atoms with E-state index in [0.29, 0.717) is 0 Å². The van der Waals surface area contributed by atoms with Crippen molar-refractivity contribution < 1.29 is 69.4 Å². The van der Waals surface area contributed by atoms with Crippen molar-refractivity contribution >= 4 is 53.4 Å². The summed E-state index contributed by atoms with van der Waals surface area (Å²) >= 11 is 0. The van der Waals surface area contributed by atoms with Gasteiger partial charge in [-0.15, -0.1) is 0 Å². The fourth-order valence-corrected chi connectivity index (χ4v) is 3.33. The normalized spacial score (nSPS) is 11.9. The molecule has 0 saturated heterocycles. The van der Waals surface area contributed by atoms with Gasteiger partial charge in [0, 0.05) is 50.4 Å². The second-order valence-electron chi connectivity index (χ2n) is 8.35. The molecule has 0 bridgehead atoms. The maximum absolute atomic E-state index is 10.7. The molecular weight excluding hydrogens is 673 g/mol. The summed E-state index contributed by atoms with van der Waals surface area (Å²) in [4.78, 5) is 13.7. The molecule has 0 amide bonds. The van der Waals surface area contributed by atoms with Gasteiger partial charge in [0.25, 0.3) is 0 Å². The predicted octanol–water partition coefficient (Wildman–Crippen LogP) is 4.46. The molecule has 234 valence electrons. The van der Waals surface area contributed by atoms with E-state index >= 15 is 0 Å². The number of hydrogen-bond acceptors (Lipinski definition) is 10. The van der Waals surface area contributed by atoms with Crippen molar-refractivity contribution in [3.8, 4) is 0 Å². The number of hydrogen-bond donors (Lipinski definition) is 0. The Morgan fingerprint density at radius 3 is 1.19 bits per heavy atom. The molecule has 10 nitrogen and oxygen atoms in total. The Labute approximate surface area is 253 Å². The molecule has 0 N–H and O–H groups in total. The van der Waals surface area contributed by atoms with Gasteiger partial charge in [0.2, 0.25) is 0 Å². The molecule has 19 heteroatoms. The van der Waals surface area contributed by atoms with Crippen LogP contribution in [-0.2, 0) is 37.3 Å². The molecule has 2 aromatic carbocycles. The molecule has 2 aromatic heterocycles. The van der Waals surface area contributed by atoms with Crippen molar-refractivity contribution in [1.29, 1.82) is 0 Å². The average molecular weight is 696 g/mol. The van der Waals surface area contributed by atoms with E-state index in [-0.39, 0.29) is 17.1 Å². The Balaban J connectivity index is 0.000000453. The molecule has 2 heterocycles. The number of halogens is 6. The first-order valence-electron chi connectivity index (χ1n) is 11.4. The number of nitrogens with zero attached hydrogens (tertiary/aromatic N) is 4. The third-order valence-corrected chi connectivity index (χ3v) is 6.52. The summed E-state index contributed by atoms with van der Waals surface area (Å²) in [7, 11) is -7.93. The van der Waals surface area contributed by atoms with Gasteiger partial charge in [-0.3, -0.25) is 9.97 Å². The SMILES string of the molecule is CN(CCN(C)c1cccc2cccnc12)c1cccc2cccnc12.O=S(=O)([O-])C(F)(F)F.O=S(=O)([O-])C(F)(F)F.[Mn+3]. The van der Waals surface area contributed by atoms with Gasteiger partial charge < -0.3 is 18.9 Å². The van der Waals surface area contributed by atoms with E-state index in [1.54, 1.807) is 0 Å². The number of anilines is 2. The third-order valence-electron chi connectivity index (χ3n) is 5.38. The Morgan fingerprint density at radius 1 is 0.628 bits per heavy atom. The van der Waals surface area contributed by atoms with Crippen molar-refractivity contribution in [2.75, 3.05) is 37.0 Å². The maximum Gasteiger partial charge on any atom is 3.00 e. The number of benzene rings is 2. The Kier molecular flexibility index (Phi) is 13.2. The second-order valence-corrected chi connectivity index (χ2v) is 11.1. The number of rotatable bonds is 5. The molecule has 43 heavy (non-hydrogen) atoms. The summed E-state index contributed by atoms with van der Waals surface area (Å²) in [5.74, 6) is 0. The predicted molar refractivity (Wildman–Crippen MR) is 142 cm³/mol. The molecule has 0 unspecified atom stereocenters. The minimum atomic E-state index is -6.09. The summed E-state index contributed by atoms with van der Waals surface area (Å²) in [5.41, 5.74) is -6.88.